The Bertz CT molecular complexity index is 1250. The average molecular weight is 491 g/mol. The Morgan fingerprint density at radius 1 is 1.00 bits per heavy atom. The summed E-state index contributed by atoms with van der Waals surface area (Å²) in [6, 6.07) is 17.1. The Morgan fingerprint density at radius 2 is 1.64 bits per heavy atom. The Hall–Kier alpha value is -3.27. The molecular formula is C23H20ClFN2O5S. The molecule has 0 radical (unpaired) electrons. The van der Waals surface area contributed by atoms with Crippen LogP contribution in [0.5, 0.6) is 0 Å². The fraction of sp³-hybridized carbons (Fsp3) is 0.130. The van der Waals surface area contributed by atoms with Gasteiger partial charge in [-0.15, -0.1) is 0 Å². The van der Waals surface area contributed by atoms with Gasteiger partial charge < -0.3 is 10.1 Å². The topological polar surface area (TPSA) is 92.8 Å². The lowest BCUT2D eigenvalue weighted by atomic mass is 10.2. The summed E-state index contributed by atoms with van der Waals surface area (Å²) < 4.78 is 46.2. The number of nitrogens with one attached hydrogen (secondary N) is 1. The molecule has 0 aliphatic rings. The van der Waals surface area contributed by atoms with Crippen molar-refractivity contribution in [2.45, 2.75) is 11.4 Å². The molecule has 3 aromatic carbocycles. The van der Waals surface area contributed by atoms with Crippen LogP contribution >= 0.6 is 11.6 Å². The molecule has 33 heavy (non-hydrogen) atoms. The van der Waals surface area contributed by atoms with Gasteiger partial charge in [-0.3, -0.25) is 4.79 Å². The Morgan fingerprint density at radius 3 is 2.24 bits per heavy atom. The number of hydrogen-bond acceptors (Lipinski definition) is 5. The number of amides is 1. The lowest BCUT2D eigenvalue weighted by Crippen LogP contribution is -2.37. The van der Waals surface area contributed by atoms with Gasteiger partial charge >= 0.3 is 5.97 Å². The molecule has 172 valence electrons. The minimum Gasteiger partial charge on any atom is -0.465 e. The fourth-order valence-corrected chi connectivity index (χ4v) is 4.47. The molecule has 1 amide bonds. The van der Waals surface area contributed by atoms with E-state index in [4.69, 9.17) is 11.6 Å². The van der Waals surface area contributed by atoms with Gasteiger partial charge in [-0.2, -0.15) is 4.31 Å². The molecule has 1 N–H and O–H groups in total. The first-order valence-corrected chi connectivity index (χ1v) is 11.5. The standard InChI is InChI=1S/C23H20ClFN2O5S/c1-32-23(29)16-6-10-19(11-7-16)26-22(28)15-27(14-17-4-2-3-5-21(17)25)33(30,31)20-12-8-18(24)9-13-20/h2-13H,14-15H2,1H3,(H,26,28). The molecule has 3 rings (SSSR count). The molecule has 0 fully saturated rings. The number of ether oxygens (including phenoxy) is 1. The number of carbonyl (C=O) groups is 2. The number of anilines is 1. The molecule has 0 spiro atoms. The van der Waals surface area contributed by atoms with E-state index in [1.807, 2.05) is 0 Å². The summed E-state index contributed by atoms with van der Waals surface area (Å²) in [6.07, 6.45) is 0. The summed E-state index contributed by atoms with van der Waals surface area (Å²) in [4.78, 5) is 24.1. The first kappa shape index (κ1) is 24.4. The number of sulfonamides is 1. The molecule has 0 atom stereocenters. The number of rotatable bonds is 8. The monoisotopic (exact) mass is 490 g/mol. The predicted molar refractivity (Wildman–Crippen MR) is 122 cm³/mol. The van der Waals surface area contributed by atoms with Gasteiger partial charge in [-0.05, 0) is 54.6 Å². The van der Waals surface area contributed by atoms with Gasteiger partial charge in [0, 0.05) is 22.8 Å². The number of esters is 1. The third kappa shape index (κ3) is 6.16. The highest BCUT2D eigenvalue weighted by molar-refractivity contribution is 7.89. The largest absolute Gasteiger partial charge is 0.465 e. The zero-order chi connectivity index (χ0) is 24.0. The average Bonchev–Trinajstić information content (AvgIpc) is 2.80. The zero-order valence-electron chi connectivity index (χ0n) is 17.5. The highest BCUT2D eigenvalue weighted by Crippen LogP contribution is 2.22. The summed E-state index contributed by atoms with van der Waals surface area (Å²) in [5.74, 6) is -1.76. The smallest absolute Gasteiger partial charge is 0.337 e. The number of carbonyl (C=O) groups excluding carboxylic acids is 2. The quantitative estimate of drug-likeness (QED) is 0.480. The second-order valence-electron chi connectivity index (χ2n) is 6.94. The number of hydrogen-bond donors (Lipinski definition) is 1. The zero-order valence-corrected chi connectivity index (χ0v) is 19.1. The summed E-state index contributed by atoms with van der Waals surface area (Å²) in [5, 5.41) is 2.93. The first-order valence-electron chi connectivity index (χ1n) is 9.68. The van der Waals surface area contributed by atoms with E-state index in [1.54, 1.807) is 6.07 Å². The van der Waals surface area contributed by atoms with E-state index in [-0.39, 0.29) is 17.0 Å². The van der Waals surface area contributed by atoms with Crippen molar-refractivity contribution in [3.8, 4) is 0 Å². The molecule has 7 nitrogen and oxygen atoms in total. The van der Waals surface area contributed by atoms with Gasteiger partial charge in [0.25, 0.3) is 0 Å². The van der Waals surface area contributed by atoms with Crippen molar-refractivity contribution in [2.75, 3.05) is 19.0 Å². The maximum absolute atomic E-state index is 14.2. The van der Waals surface area contributed by atoms with Crippen LogP contribution in [0, 0.1) is 5.82 Å². The van der Waals surface area contributed by atoms with E-state index in [0.717, 1.165) is 4.31 Å². The van der Waals surface area contributed by atoms with Crippen molar-refractivity contribution in [3.63, 3.8) is 0 Å². The maximum Gasteiger partial charge on any atom is 0.337 e. The number of benzene rings is 3. The van der Waals surface area contributed by atoms with Gasteiger partial charge in [0.15, 0.2) is 0 Å². The molecule has 0 aliphatic heterocycles. The SMILES string of the molecule is COC(=O)c1ccc(NC(=O)CN(Cc2ccccc2F)S(=O)(=O)c2ccc(Cl)cc2)cc1. The van der Waals surface area contributed by atoms with Gasteiger partial charge in [-0.1, -0.05) is 29.8 Å². The van der Waals surface area contributed by atoms with Crippen LogP contribution in [0.15, 0.2) is 77.7 Å². The summed E-state index contributed by atoms with van der Waals surface area (Å²) in [5.41, 5.74) is 0.759. The lowest BCUT2D eigenvalue weighted by molar-refractivity contribution is -0.116. The second-order valence-corrected chi connectivity index (χ2v) is 9.31. The lowest BCUT2D eigenvalue weighted by Gasteiger charge is -2.22. The minimum absolute atomic E-state index is 0.0847. The van der Waals surface area contributed by atoms with Crippen LogP contribution in [0.4, 0.5) is 10.1 Å². The van der Waals surface area contributed by atoms with Crippen molar-refractivity contribution in [1.82, 2.24) is 4.31 Å². The van der Waals surface area contributed by atoms with Crippen LogP contribution in [-0.2, 0) is 26.1 Å². The third-order valence-corrected chi connectivity index (χ3v) is 6.72. The molecule has 0 unspecified atom stereocenters. The highest BCUT2D eigenvalue weighted by Gasteiger charge is 2.28. The minimum atomic E-state index is -4.16. The Labute approximate surface area is 195 Å². The summed E-state index contributed by atoms with van der Waals surface area (Å²) >= 11 is 5.86. The molecule has 0 aromatic heterocycles. The van der Waals surface area contributed by atoms with Gasteiger partial charge in [0.1, 0.15) is 5.82 Å². The number of methoxy groups -OCH3 is 1. The van der Waals surface area contributed by atoms with Gasteiger partial charge in [0.2, 0.25) is 15.9 Å². The molecule has 0 bridgehead atoms. The van der Waals surface area contributed by atoms with Crippen LogP contribution < -0.4 is 5.32 Å². The molecule has 0 saturated heterocycles. The van der Waals surface area contributed by atoms with E-state index in [2.05, 4.69) is 10.1 Å². The number of halogens is 2. The predicted octanol–water partition coefficient (Wildman–Crippen LogP) is 4.10. The summed E-state index contributed by atoms with van der Waals surface area (Å²) in [7, 11) is -2.90. The van der Waals surface area contributed by atoms with Crippen molar-refractivity contribution in [3.05, 3.63) is 94.8 Å². The van der Waals surface area contributed by atoms with Crippen molar-refractivity contribution in [1.29, 1.82) is 0 Å². The first-order chi connectivity index (χ1) is 15.7. The van der Waals surface area contributed by atoms with Crippen molar-refractivity contribution in [2.24, 2.45) is 0 Å². The van der Waals surface area contributed by atoms with Crippen molar-refractivity contribution < 1.29 is 27.1 Å². The summed E-state index contributed by atoms with van der Waals surface area (Å²) in [6.45, 7) is -0.926. The van der Waals surface area contributed by atoms with Crippen LogP contribution in [0.3, 0.4) is 0 Å². The van der Waals surface area contributed by atoms with E-state index in [0.29, 0.717) is 16.3 Å². The van der Waals surface area contributed by atoms with Crippen LogP contribution in [0.2, 0.25) is 5.02 Å². The third-order valence-electron chi connectivity index (χ3n) is 4.67. The normalized spacial score (nSPS) is 11.3. The highest BCUT2D eigenvalue weighted by atomic mass is 35.5. The van der Waals surface area contributed by atoms with Gasteiger partial charge in [-0.25, -0.2) is 17.6 Å². The van der Waals surface area contributed by atoms with E-state index >= 15 is 0 Å². The maximum atomic E-state index is 14.2. The van der Waals surface area contributed by atoms with E-state index < -0.39 is 34.3 Å². The second kappa shape index (κ2) is 10.6. The number of nitrogens with zero attached hydrogens (tertiary/aromatic N) is 1. The van der Waals surface area contributed by atoms with Crippen LogP contribution in [-0.4, -0.2) is 38.3 Å². The molecule has 0 saturated carbocycles. The van der Waals surface area contributed by atoms with Crippen LogP contribution in [0.25, 0.3) is 0 Å². The molecular weight excluding hydrogens is 471 g/mol. The van der Waals surface area contributed by atoms with Crippen LogP contribution in [0.1, 0.15) is 15.9 Å². The van der Waals surface area contributed by atoms with Gasteiger partial charge in [0.05, 0.1) is 24.1 Å². The molecule has 3 aromatic rings. The molecule has 10 heteroatoms. The Balaban J connectivity index is 1.84. The Kier molecular flexibility index (Phi) is 7.80. The molecule has 0 aliphatic carbocycles. The molecule has 0 heterocycles. The van der Waals surface area contributed by atoms with Crippen molar-refractivity contribution >= 4 is 39.2 Å². The van der Waals surface area contributed by atoms with E-state index in [1.165, 1.54) is 73.8 Å². The fourth-order valence-electron chi connectivity index (χ4n) is 2.97. The van der Waals surface area contributed by atoms with E-state index in [9.17, 15) is 22.4 Å².